The van der Waals surface area contributed by atoms with Crippen LogP contribution >= 0.6 is 0 Å². The number of rotatable bonds is 7. The van der Waals surface area contributed by atoms with Crippen LogP contribution in [-0.4, -0.2) is 50.5 Å². The molecule has 9 nitrogen and oxygen atoms in total. The summed E-state index contributed by atoms with van der Waals surface area (Å²) in [5.41, 5.74) is 4.81. The van der Waals surface area contributed by atoms with Gasteiger partial charge in [0.05, 0.1) is 18.2 Å². The Balaban J connectivity index is 2.43. The molecular formula is C25H49N4O5Si2. The second kappa shape index (κ2) is 10.1. The van der Waals surface area contributed by atoms with Gasteiger partial charge in [0, 0.05) is 12.6 Å². The van der Waals surface area contributed by atoms with Crippen molar-refractivity contribution in [3.8, 4) is 0 Å². The number of hydroxylamine groups is 1. The van der Waals surface area contributed by atoms with Gasteiger partial charge in [-0.15, -0.1) is 0 Å². The Morgan fingerprint density at radius 1 is 1.06 bits per heavy atom. The molecule has 36 heavy (non-hydrogen) atoms. The Morgan fingerprint density at radius 2 is 1.58 bits per heavy atom. The van der Waals surface area contributed by atoms with Crippen LogP contribution in [0.5, 0.6) is 0 Å². The third-order valence-electron chi connectivity index (χ3n) is 7.95. The summed E-state index contributed by atoms with van der Waals surface area (Å²) in [5, 5.41) is 13.8. The van der Waals surface area contributed by atoms with Crippen LogP contribution in [0, 0.1) is 0 Å². The molecule has 1 aromatic heterocycles. The molecule has 0 amide bonds. The predicted molar refractivity (Wildman–Crippen MR) is 150 cm³/mol. The second-order valence-corrected chi connectivity index (χ2v) is 23.6. The summed E-state index contributed by atoms with van der Waals surface area (Å²) in [7, 11) is -4.17. The van der Waals surface area contributed by atoms with Crippen molar-refractivity contribution in [1.29, 1.82) is 0 Å². The average molecular weight is 542 g/mol. The minimum atomic E-state index is -2.14. The number of hydrogen-bond donors (Lipinski definition) is 1. The fraction of sp³-hybridized carbons (Fsp3) is 0.840. The number of nitrogen functional groups attached to an aromatic ring is 1. The largest absolute Gasteiger partial charge is 0.414 e. The minimum Gasteiger partial charge on any atom is -0.414 e. The summed E-state index contributed by atoms with van der Waals surface area (Å²) in [6.45, 7) is 27.7. The van der Waals surface area contributed by atoms with Crippen molar-refractivity contribution in [2.75, 3.05) is 17.4 Å². The van der Waals surface area contributed by atoms with Gasteiger partial charge in [-0.2, -0.15) is 4.98 Å². The molecule has 3 atom stereocenters. The molecule has 1 aromatic rings. The third kappa shape index (κ3) is 6.79. The highest BCUT2D eigenvalue weighted by Crippen LogP contribution is 2.42. The minimum absolute atomic E-state index is 0.0124. The van der Waals surface area contributed by atoms with Crippen LogP contribution in [0.1, 0.15) is 75.0 Å². The molecule has 1 aliphatic heterocycles. The molecule has 11 heteroatoms. The lowest BCUT2D eigenvalue weighted by Crippen LogP contribution is -2.48. The van der Waals surface area contributed by atoms with E-state index in [1.165, 1.54) is 10.8 Å². The maximum absolute atomic E-state index is 12.9. The van der Waals surface area contributed by atoms with Gasteiger partial charge in [0.15, 0.2) is 22.5 Å². The van der Waals surface area contributed by atoms with Crippen LogP contribution in [0.2, 0.25) is 36.3 Å². The lowest BCUT2D eigenvalue weighted by Gasteiger charge is -2.40. The van der Waals surface area contributed by atoms with Crippen LogP contribution in [0.3, 0.4) is 0 Å². The molecule has 0 saturated carbocycles. The Hall–Kier alpha value is -1.25. The standard InChI is InChI=1S/C25H49N4O5Si2/c1-23(2,3)29(31)17-15-28(22(30)27-21(17)26)20-14-18(34-36(12,13)25(7,8)9)19(33-20)16-32-35(10,11)24(4,5)6/h15,18-20H,14,16H2,1-13H3,(H2,26,27,30)/t18-,19+,20+/m0/s1. The highest BCUT2D eigenvalue weighted by Gasteiger charge is 2.47. The number of ether oxygens (including phenoxy) is 1. The van der Waals surface area contributed by atoms with Crippen molar-refractivity contribution in [3.63, 3.8) is 0 Å². The lowest BCUT2D eigenvalue weighted by atomic mass is 10.1. The Labute approximate surface area is 219 Å². The van der Waals surface area contributed by atoms with Crippen molar-refractivity contribution in [1.82, 2.24) is 9.55 Å². The van der Waals surface area contributed by atoms with Crippen LogP contribution in [0.15, 0.2) is 11.0 Å². The van der Waals surface area contributed by atoms with Crippen LogP contribution in [0.25, 0.3) is 0 Å². The van der Waals surface area contributed by atoms with Gasteiger partial charge in [-0.05, 0) is 57.0 Å². The molecule has 0 unspecified atom stereocenters. The lowest BCUT2D eigenvalue weighted by molar-refractivity contribution is -0.0412. The van der Waals surface area contributed by atoms with E-state index in [1.54, 1.807) is 20.8 Å². The molecule has 1 saturated heterocycles. The summed E-state index contributed by atoms with van der Waals surface area (Å²) in [6, 6.07) is 0. The highest BCUT2D eigenvalue weighted by atomic mass is 28.4. The van der Waals surface area contributed by atoms with E-state index in [2.05, 4.69) is 72.7 Å². The molecule has 0 aliphatic carbocycles. The summed E-state index contributed by atoms with van der Waals surface area (Å²) >= 11 is 0. The normalized spacial score (nSPS) is 22.2. The van der Waals surface area contributed by atoms with E-state index < -0.39 is 34.1 Å². The Kier molecular flexibility index (Phi) is 8.73. The molecular weight excluding hydrogens is 492 g/mol. The van der Waals surface area contributed by atoms with E-state index in [0.29, 0.717) is 13.0 Å². The average Bonchev–Trinajstić information content (AvgIpc) is 3.05. The molecule has 2 heterocycles. The van der Waals surface area contributed by atoms with E-state index in [9.17, 15) is 10.0 Å². The summed E-state index contributed by atoms with van der Waals surface area (Å²) in [5.74, 6) is -0.0916. The van der Waals surface area contributed by atoms with E-state index in [-0.39, 0.29) is 33.8 Å². The zero-order valence-corrected chi connectivity index (χ0v) is 26.7. The van der Waals surface area contributed by atoms with E-state index in [0.717, 1.165) is 5.06 Å². The first kappa shape index (κ1) is 31.0. The van der Waals surface area contributed by atoms with Gasteiger partial charge in [-0.3, -0.25) is 4.57 Å². The summed E-state index contributed by atoms with van der Waals surface area (Å²) < 4.78 is 21.1. The van der Waals surface area contributed by atoms with Gasteiger partial charge >= 0.3 is 5.69 Å². The maximum atomic E-state index is 12.9. The van der Waals surface area contributed by atoms with Crippen molar-refractivity contribution in [2.45, 2.75) is 129 Å². The SMILES string of the molecule is CC(C)(C)N([O])c1cn([C@H]2C[C@H](O[Si](C)(C)C(C)(C)C)[C@@H](CO[Si](C)(C)C(C)(C)C)O2)c(=O)nc1N. The van der Waals surface area contributed by atoms with Gasteiger partial charge in [-0.25, -0.2) is 9.86 Å². The molecule has 0 spiro atoms. The van der Waals surface area contributed by atoms with E-state index in [1.807, 2.05) is 0 Å². The van der Waals surface area contributed by atoms with E-state index >= 15 is 0 Å². The van der Waals surface area contributed by atoms with Gasteiger partial charge in [0.1, 0.15) is 18.0 Å². The zero-order chi connectivity index (χ0) is 28.1. The predicted octanol–water partition coefficient (Wildman–Crippen LogP) is 5.48. The van der Waals surface area contributed by atoms with Crippen molar-refractivity contribution in [2.24, 2.45) is 0 Å². The van der Waals surface area contributed by atoms with Gasteiger partial charge in [0.2, 0.25) is 0 Å². The number of hydrogen-bond acceptors (Lipinski definition) is 7. The highest BCUT2D eigenvalue weighted by molar-refractivity contribution is 6.74. The molecule has 1 fully saturated rings. The maximum Gasteiger partial charge on any atom is 0.351 e. The first-order chi connectivity index (χ1) is 16.0. The smallest absolute Gasteiger partial charge is 0.351 e. The first-order valence-electron chi connectivity index (χ1n) is 12.8. The number of aromatic nitrogens is 2. The number of nitrogens with zero attached hydrogens (tertiary/aromatic N) is 3. The second-order valence-electron chi connectivity index (χ2n) is 14.0. The quantitative estimate of drug-likeness (QED) is 0.359. The van der Waals surface area contributed by atoms with E-state index in [4.69, 9.17) is 19.3 Å². The van der Waals surface area contributed by atoms with Crippen molar-refractivity contribution in [3.05, 3.63) is 16.7 Å². The van der Waals surface area contributed by atoms with Crippen molar-refractivity contribution >= 4 is 28.1 Å². The molecule has 0 aromatic carbocycles. The Bertz CT molecular complexity index is 977. The molecule has 1 radical (unpaired) electrons. The molecule has 207 valence electrons. The number of nitrogens with two attached hydrogens (primary N) is 1. The van der Waals surface area contributed by atoms with Gasteiger partial charge < -0.3 is 19.3 Å². The van der Waals surface area contributed by atoms with Gasteiger partial charge in [-0.1, -0.05) is 46.7 Å². The first-order valence-corrected chi connectivity index (χ1v) is 18.6. The van der Waals surface area contributed by atoms with Crippen LogP contribution in [0.4, 0.5) is 11.5 Å². The van der Waals surface area contributed by atoms with Crippen molar-refractivity contribution < 1.29 is 18.8 Å². The molecule has 1 aliphatic rings. The molecule has 0 bridgehead atoms. The summed E-state index contributed by atoms with van der Waals surface area (Å²) in [6.07, 6.45) is 0.683. The number of anilines is 2. The topological polar surface area (TPSA) is 112 Å². The monoisotopic (exact) mass is 541 g/mol. The van der Waals surface area contributed by atoms with Crippen LogP contribution < -0.4 is 16.5 Å². The fourth-order valence-electron chi connectivity index (χ4n) is 3.40. The fourth-order valence-corrected chi connectivity index (χ4v) is 5.78. The molecule has 2 rings (SSSR count). The van der Waals surface area contributed by atoms with Crippen LogP contribution in [-0.2, 0) is 18.8 Å². The zero-order valence-electron chi connectivity index (χ0n) is 24.7. The third-order valence-corrected chi connectivity index (χ3v) is 17.0. The Morgan fingerprint density at radius 3 is 2.06 bits per heavy atom. The summed E-state index contributed by atoms with van der Waals surface area (Å²) in [4.78, 5) is 16.8. The molecule has 2 N–H and O–H groups in total. The van der Waals surface area contributed by atoms with Gasteiger partial charge in [0.25, 0.3) is 0 Å².